The van der Waals surface area contributed by atoms with Gasteiger partial charge in [0.25, 0.3) is 5.91 Å². The van der Waals surface area contributed by atoms with Crippen LogP contribution < -0.4 is 16.0 Å². The van der Waals surface area contributed by atoms with Crippen molar-refractivity contribution in [1.29, 1.82) is 0 Å². The first kappa shape index (κ1) is 27.5. The number of pyridine rings is 1. The summed E-state index contributed by atoms with van der Waals surface area (Å²) in [4.78, 5) is 41.6. The molecule has 0 radical (unpaired) electrons. The Labute approximate surface area is 231 Å². The number of nitrogens with one attached hydrogen (secondary N) is 3. The number of hydrogen-bond acceptors (Lipinski definition) is 6. The molecule has 4 rings (SSSR count). The van der Waals surface area contributed by atoms with Crippen molar-refractivity contribution in [3.63, 3.8) is 0 Å². The van der Waals surface area contributed by atoms with Gasteiger partial charge in [0.05, 0.1) is 17.8 Å². The average molecular weight is 595 g/mol. The minimum atomic E-state index is -1.07. The van der Waals surface area contributed by atoms with Crippen molar-refractivity contribution < 1.29 is 28.2 Å². The van der Waals surface area contributed by atoms with Gasteiger partial charge < -0.3 is 14.8 Å². The van der Waals surface area contributed by atoms with Gasteiger partial charge in [-0.1, -0.05) is 48.5 Å². The van der Waals surface area contributed by atoms with Gasteiger partial charge in [-0.25, -0.2) is 14.0 Å². The van der Waals surface area contributed by atoms with Gasteiger partial charge >= 0.3 is 12.2 Å². The lowest BCUT2D eigenvalue weighted by atomic mass is 10.1. The zero-order chi connectivity index (χ0) is 27.8. The molecule has 3 amide bonds. The molecule has 0 aliphatic heterocycles. The fourth-order valence-electron chi connectivity index (χ4n) is 3.75. The molecule has 1 heterocycles. The second kappa shape index (κ2) is 12.8. The first-order valence-corrected chi connectivity index (χ1v) is 12.6. The number of anilines is 1. The Balaban J connectivity index is 1.36. The summed E-state index contributed by atoms with van der Waals surface area (Å²) in [5.41, 5.74) is 1.15. The third-order valence-electron chi connectivity index (χ3n) is 5.52. The van der Waals surface area contributed by atoms with Gasteiger partial charge in [-0.3, -0.25) is 20.4 Å². The SMILES string of the molecule is CC(NC(=O)OC(CNC(=O)c1cncc(Br)c1)c1cccc(F)c1)OC(=O)Nc1cccc2ccccc12. The summed E-state index contributed by atoms with van der Waals surface area (Å²) in [5.74, 6) is -0.998. The van der Waals surface area contributed by atoms with Crippen LogP contribution in [-0.2, 0) is 9.47 Å². The summed E-state index contributed by atoms with van der Waals surface area (Å²) >= 11 is 3.25. The van der Waals surface area contributed by atoms with Gasteiger partial charge in [0.2, 0.25) is 0 Å². The predicted octanol–water partition coefficient (Wildman–Crippen LogP) is 5.93. The monoisotopic (exact) mass is 594 g/mol. The van der Waals surface area contributed by atoms with Crippen LogP contribution in [-0.4, -0.2) is 35.9 Å². The molecule has 0 saturated carbocycles. The molecule has 0 aliphatic carbocycles. The molecule has 11 heteroatoms. The number of nitrogens with zero attached hydrogens (tertiary/aromatic N) is 1. The molecule has 3 aromatic carbocycles. The van der Waals surface area contributed by atoms with E-state index in [4.69, 9.17) is 9.47 Å². The first-order chi connectivity index (χ1) is 18.8. The fraction of sp³-hybridized carbons (Fsp3) is 0.143. The minimum absolute atomic E-state index is 0.154. The second-order valence-electron chi connectivity index (χ2n) is 8.39. The van der Waals surface area contributed by atoms with E-state index in [-0.39, 0.29) is 12.1 Å². The van der Waals surface area contributed by atoms with Crippen LogP contribution in [0.2, 0.25) is 0 Å². The molecule has 0 bridgehead atoms. The summed E-state index contributed by atoms with van der Waals surface area (Å²) in [7, 11) is 0. The van der Waals surface area contributed by atoms with Gasteiger partial charge in [-0.15, -0.1) is 0 Å². The van der Waals surface area contributed by atoms with Gasteiger partial charge in [-0.2, -0.15) is 0 Å². The third kappa shape index (κ3) is 7.74. The Morgan fingerprint density at radius 3 is 2.51 bits per heavy atom. The minimum Gasteiger partial charge on any atom is -0.439 e. The number of carbonyl (C=O) groups excluding carboxylic acids is 3. The smallest absolute Gasteiger partial charge is 0.413 e. The number of alkyl carbamates (subject to hydrolysis) is 1. The van der Waals surface area contributed by atoms with E-state index in [2.05, 4.69) is 36.9 Å². The molecule has 200 valence electrons. The number of ether oxygens (including phenoxy) is 2. The van der Waals surface area contributed by atoms with Gasteiger partial charge in [0, 0.05) is 22.3 Å². The van der Waals surface area contributed by atoms with Gasteiger partial charge in [0.1, 0.15) is 11.9 Å². The molecule has 2 atom stereocenters. The van der Waals surface area contributed by atoms with Gasteiger partial charge in [-0.05, 0) is 58.1 Å². The molecule has 0 saturated heterocycles. The van der Waals surface area contributed by atoms with Crippen molar-refractivity contribution in [2.24, 2.45) is 0 Å². The van der Waals surface area contributed by atoms with Crippen LogP contribution >= 0.6 is 15.9 Å². The maximum absolute atomic E-state index is 13.9. The Morgan fingerprint density at radius 2 is 1.72 bits per heavy atom. The highest BCUT2D eigenvalue weighted by molar-refractivity contribution is 9.10. The van der Waals surface area contributed by atoms with Crippen molar-refractivity contribution in [2.45, 2.75) is 19.3 Å². The number of hydrogen-bond donors (Lipinski definition) is 3. The number of fused-ring (bicyclic) bond motifs is 1. The van der Waals surface area contributed by atoms with Crippen LogP contribution in [0.4, 0.5) is 19.7 Å². The topological polar surface area (TPSA) is 119 Å². The van der Waals surface area contributed by atoms with Crippen molar-refractivity contribution in [3.05, 3.63) is 107 Å². The lowest BCUT2D eigenvalue weighted by Crippen LogP contribution is -2.39. The summed E-state index contributed by atoms with van der Waals surface area (Å²) in [5, 5.41) is 9.50. The van der Waals surface area contributed by atoms with Crippen LogP contribution in [0.5, 0.6) is 0 Å². The summed E-state index contributed by atoms with van der Waals surface area (Å²) in [6.45, 7) is 1.29. The maximum Gasteiger partial charge on any atom is 0.413 e. The number of carbonyl (C=O) groups is 3. The quantitative estimate of drug-likeness (QED) is 0.218. The van der Waals surface area contributed by atoms with Gasteiger partial charge in [0.15, 0.2) is 6.23 Å². The van der Waals surface area contributed by atoms with Crippen molar-refractivity contribution in [1.82, 2.24) is 15.6 Å². The molecular formula is C28H24BrFN4O5. The molecular weight excluding hydrogens is 571 g/mol. The van der Waals surface area contributed by atoms with Crippen LogP contribution in [0, 0.1) is 5.82 Å². The van der Waals surface area contributed by atoms with Crippen LogP contribution in [0.15, 0.2) is 89.7 Å². The Morgan fingerprint density at radius 1 is 0.949 bits per heavy atom. The fourth-order valence-corrected chi connectivity index (χ4v) is 4.12. The van der Waals surface area contributed by atoms with E-state index < -0.39 is 36.2 Å². The molecule has 9 nitrogen and oxygen atoms in total. The molecule has 0 spiro atoms. The highest BCUT2D eigenvalue weighted by atomic mass is 79.9. The van der Waals surface area contributed by atoms with Crippen LogP contribution in [0.25, 0.3) is 10.8 Å². The zero-order valence-electron chi connectivity index (χ0n) is 20.7. The third-order valence-corrected chi connectivity index (χ3v) is 5.95. The lowest BCUT2D eigenvalue weighted by Gasteiger charge is -2.21. The summed E-state index contributed by atoms with van der Waals surface area (Å²) < 4.78 is 25.2. The van der Waals surface area contributed by atoms with Crippen LogP contribution in [0.1, 0.15) is 28.9 Å². The normalized spacial score (nSPS) is 12.2. The maximum atomic E-state index is 13.9. The zero-order valence-corrected chi connectivity index (χ0v) is 22.3. The number of halogens is 2. The lowest BCUT2D eigenvalue weighted by molar-refractivity contribution is 0.0618. The Bertz CT molecular complexity index is 1500. The molecule has 3 N–H and O–H groups in total. The van der Waals surface area contributed by atoms with E-state index >= 15 is 0 Å². The highest BCUT2D eigenvalue weighted by Crippen LogP contribution is 2.23. The highest BCUT2D eigenvalue weighted by Gasteiger charge is 2.21. The Kier molecular flexibility index (Phi) is 9.06. The van der Waals surface area contributed by atoms with E-state index in [1.54, 1.807) is 24.3 Å². The van der Waals surface area contributed by atoms with E-state index in [1.807, 2.05) is 30.3 Å². The first-order valence-electron chi connectivity index (χ1n) is 11.9. The number of rotatable bonds is 8. The molecule has 2 unspecified atom stereocenters. The summed E-state index contributed by atoms with van der Waals surface area (Å²) in [6.07, 6.45) is -0.911. The summed E-state index contributed by atoms with van der Waals surface area (Å²) in [6, 6.07) is 20.0. The van der Waals surface area contributed by atoms with E-state index in [0.717, 1.165) is 10.8 Å². The number of benzene rings is 3. The molecule has 0 fully saturated rings. The molecule has 0 aliphatic rings. The Hall–Kier alpha value is -4.51. The van der Waals surface area contributed by atoms with Crippen molar-refractivity contribution in [2.75, 3.05) is 11.9 Å². The van der Waals surface area contributed by atoms with Crippen molar-refractivity contribution >= 4 is 50.5 Å². The number of amides is 3. The van der Waals surface area contributed by atoms with E-state index in [9.17, 15) is 18.8 Å². The predicted molar refractivity (Wildman–Crippen MR) is 147 cm³/mol. The van der Waals surface area contributed by atoms with Crippen LogP contribution in [0.3, 0.4) is 0 Å². The molecule has 39 heavy (non-hydrogen) atoms. The molecule has 1 aromatic heterocycles. The second-order valence-corrected chi connectivity index (χ2v) is 9.31. The van der Waals surface area contributed by atoms with Crippen molar-refractivity contribution in [3.8, 4) is 0 Å². The number of aromatic nitrogens is 1. The van der Waals surface area contributed by atoms with E-state index in [0.29, 0.717) is 15.7 Å². The van der Waals surface area contributed by atoms with E-state index in [1.165, 1.54) is 37.5 Å². The molecule has 4 aromatic rings. The average Bonchev–Trinajstić information content (AvgIpc) is 2.91. The standard InChI is InChI=1S/C28H24BrFN4O5/c1-17(38-28(37)34-24-11-5-7-18-6-2-3-10-23(18)24)33-27(36)39-25(19-8-4-9-22(30)13-19)16-32-26(35)20-12-21(29)15-31-14-20/h2-15,17,25H,16H2,1H3,(H,32,35)(H,33,36)(H,34,37). The largest absolute Gasteiger partial charge is 0.439 e.